The van der Waals surface area contributed by atoms with Crippen LogP contribution in [0.25, 0.3) is 0 Å². The molecule has 0 bridgehead atoms. The van der Waals surface area contributed by atoms with Crippen molar-refractivity contribution in [2.45, 2.75) is 13.5 Å². The molecule has 0 aliphatic rings. The van der Waals surface area contributed by atoms with E-state index >= 15 is 0 Å². The Kier molecular flexibility index (Phi) is 3.92. The van der Waals surface area contributed by atoms with Crippen LogP contribution < -0.4 is 0 Å². The maximum absolute atomic E-state index is 11.4. The average Bonchev–Trinajstić information content (AvgIpc) is 2.26. The first-order valence-electron chi connectivity index (χ1n) is 4.70. The minimum atomic E-state index is -0.383. The van der Waals surface area contributed by atoms with Crippen LogP contribution in [-0.4, -0.2) is 18.1 Å². The third kappa shape index (κ3) is 3.13. The molecule has 0 aromatic heterocycles. The summed E-state index contributed by atoms with van der Waals surface area (Å²) in [5.41, 5.74) is 1.72. The maximum Gasteiger partial charge on any atom is 0.414 e. The Labute approximate surface area is 90.0 Å². The predicted octanol–water partition coefficient (Wildman–Crippen LogP) is 2.79. The van der Waals surface area contributed by atoms with Gasteiger partial charge in [-0.05, 0) is 12.5 Å². The number of rotatable bonds is 3. The van der Waals surface area contributed by atoms with Crippen LogP contribution in [0, 0.1) is 0 Å². The monoisotopic (exact) mass is 205 g/mol. The Morgan fingerprint density at radius 1 is 1.40 bits per heavy atom. The molecule has 0 heterocycles. The van der Waals surface area contributed by atoms with E-state index in [0.717, 1.165) is 5.56 Å². The molecule has 0 aliphatic carbocycles. The summed E-state index contributed by atoms with van der Waals surface area (Å²) < 4.78 is 4.67. The molecule has 1 amide bonds. The Morgan fingerprint density at radius 3 is 2.47 bits per heavy atom. The van der Waals surface area contributed by atoms with Crippen molar-refractivity contribution in [2.24, 2.45) is 0 Å². The van der Waals surface area contributed by atoms with Crippen molar-refractivity contribution in [1.29, 1.82) is 0 Å². The van der Waals surface area contributed by atoms with E-state index in [4.69, 9.17) is 0 Å². The normalized spacial score (nSPS) is 9.47. The van der Waals surface area contributed by atoms with E-state index in [1.807, 2.05) is 30.3 Å². The van der Waals surface area contributed by atoms with Crippen LogP contribution in [0.2, 0.25) is 0 Å². The van der Waals surface area contributed by atoms with Crippen LogP contribution >= 0.6 is 0 Å². The van der Waals surface area contributed by atoms with Gasteiger partial charge in [0.1, 0.15) is 0 Å². The summed E-state index contributed by atoms with van der Waals surface area (Å²) in [6.45, 7) is 6.01. The van der Waals surface area contributed by atoms with Gasteiger partial charge < -0.3 is 4.74 Å². The van der Waals surface area contributed by atoms with Gasteiger partial charge >= 0.3 is 6.09 Å². The molecule has 1 aromatic carbocycles. The number of benzene rings is 1. The number of methoxy groups -OCH3 is 1. The van der Waals surface area contributed by atoms with E-state index in [0.29, 0.717) is 12.2 Å². The van der Waals surface area contributed by atoms with Crippen LogP contribution in [0.15, 0.2) is 42.6 Å². The average molecular weight is 205 g/mol. The number of carbonyl (C=O) groups is 1. The topological polar surface area (TPSA) is 29.5 Å². The van der Waals surface area contributed by atoms with Crippen molar-refractivity contribution >= 4 is 6.09 Å². The quantitative estimate of drug-likeness (QED) is 0.759. The van der Waals surface area contributed by atoms with E-state index in [1.54, 1.807) is 6.92 Å². The molecule has 0 fully saturated rings. The lowest BCUT2D eigenvalue weighted by atomic mass is 10.2. The second kappa shape index (κ2) is 5.20. The summed E-state index contributed by atoms with van der Waals surface area (Å²) in [7, 11) is 1.36. The lowest BCUT2D eigenvalue weighted by molar-refractivity contribution is 0.134. The highest BCUT2D eigenvalue weighted by atomic mass is 16.5. The van der Waals surface area contributed by atoms with Crippen LogP contribution in [0.5, 0.6) is 0 Å². The molecular weight excluding hydrogens is 190 g/mol. The lowest BCUT2D eigenvalue weighted by Gasteiger charge is -2.20. The molecule has 0 spiro atoms. The van der Waals surface area contributed by atoms with Gasteiger partial charge in [-0.3, -0.25) is 4.90 Å². The zero-order chi connectivity index (χ0) is 11.3. The zero-order valence-corrected chi connectivity index (χ0v) is 9.06. The molecule has 3 nitrogen and oxygen atoms in total. The second-order valence-electron chi connectivity index (χ2n) is 3.28. The first-order valence-corrected chi connectivity index (χ1v) is 4.70. The Bertz CT molecular complexity index is 346. The highest BCUT2D eigenvalue weighted by Gasteiger charge is 2.14. The molecule has 0 atom stereocenters. The largest absolute Gasteiger partial charge is 0.452 e. The van der Waals surface area contributed by atoms with Crippen LogP contribution in [0.4, 0.5) is 4.79 Å². The smallest absolute Gasteiger partial charge is 0.414 e. The van der Waals surface area contributed by atoms with Gasteiger partial charge in [-0.25, -0.2) is 4.79 Å². The molecule has 0 saturated heterocycles. The van der Waals surface area contributed by atoms with Gasteiger partial charge in [0.2, 0.25) is 0 Å². The number of hydrogen-bond donors (Lipinski definition) is 0. The number of ether oxygens (including phenoxy) is 1. The standard InChI is InChI=1S/C12H15NO2/c1-10(2)13(12(14)15-3)9-11-7-5-4-6-8-11/h4-8H,1,9H2,2-3H3. The summed E-state index contributed by atoms with van der Waals surface area (Å²) in [6.07, 6.45) is -0.383. The Morgan fingerprint density at radius 2 is 2.00 bits per heavy atom. The molecule has 0 radical (unpaired) electrons. The SMILES string of the molecule is C=C(C)N(Cc1ccccc1)C(=O)OC. The summed E-state index contributed by atoms with van der Waals surface area (Å²) in [4.78, 5) is 12.9. The first kappa shape index (κ1) is 11.3. The Balaban J connectivity index is 2.76. The van der Waals surface area contributed by atoms with Gasteiger partial charge in [-0.2, -0.15) is 0 Å². The lowest BCUT2D eigenvalue weighted by Crippen LogP contribution is -2.28. The fraction of sp³-hybridized carbons (Fsp3) is 0.250. The second-order valence-corrected chi connectivity index (χ2v) is 3.28. The van der Waals surface area contributed by atoms with Crippen molar-refractivity contribution in [2.75, 3.05) is 7.11 Å². The summed E-state index contributed by atoms with van der Waals surface area (Å²) in [5.74, 6) is 0. The van der Waals surface area contributed by atoms with Gasteiger partial charge in [0.25, 0.3) is 0 Å². The van der Waals surface area contributed by atoms with Gasteiger partial charge in [0.15, 0.2) is 0 Å². The van der Waals surface area contributed by atoms with E-state index in [1.165, 1.54) is 12.0 Å². The fourth-order valence-electron chi connectivity index (χ4n) is 1.23. The molecule has 0 N–H and O–H groups in total. The molecule has 1 aromatic rings. The third-order valence-electron chi connectivity index (χ3n) is 2.04. The van der Waals surface area contributed by atoms with Gasteiger partial charge in [-0.15, -0.1) is 0 Å². The fourth-order valence-corrected chi connectivity index (χ4v) is 1.23. The number of carbonyl (C=O) groups excluding carboxylic acids is 1. The third-order valence-corrected chi connectivity index (χ3v) is 2.04. The van der Waals surface area contributed by atoms with E-state index in [2.05, 4.69) is 11.3 Å². The molecule has 80 valence electrons. The van der Waals surface area contributed by atoms with E-state index < -0.39 is 0 Å². The summed E-state index contributed by atoms with van der Waals surface area (Å²) in [6, 6.07) is 9.72. The maximum atomic E-state index is 11.4. The molecule has 1 rings (SSSR count). The first-order chi connectivity index (χ1) is 7.15. The van der Waals surface area contributed by atoms with Crippen molar-refractivity contribution in [1.82, 2.24) is 4.90 Å². The Hall–Kier alpha value is -1.77. The van der Waals surface area contributed by atoms with Crippen LogP contribution in [0.1, 0.15) is 12.5 Å². The summed E-state index contributed by atoms with van der Waals surface area (Å²) >= 11 is 0. The van der Waals surface area contributed by atoms with Crippen molar-refractivity contribution in [3.8, 4) is 0 Å². The van der Waals surface area contributed by atoms with Crippen molar-refractivity contribution in [3.63, 3.8) is 0 Å². The molecule has 15 heavy (non-hydrogen) atoms. The predicted molar refractivity (Wildman–Crippen MR) is 59.2 cm³/mol. The molecule has 3 heteroatoms. The van der Waals surface area contributed by atoms with Crippen LogP contribution in [0.3, 0.4) is 0 Å². The molecular formula is C12H15NO2. The van der Waals surface area contributed by atoms with Gasteiger partial charge in [0, 0.05) is 5.70 Å². The van der Waals surface area contributed by atoms with E-state index in [-0.39, 0.29) is 6.09 Å². The number of amides is 1. The summed E-state index contributed by atoms with van der Waals surface area (Å²) in [5, 5.41) is 0. The number of allylic oxidation sites excluding steroid dienone is 1. The van der Waals surface area contributed by atoms with E-state index in [9.17, 15) is 4.79 Å². The number of hydrogen-bond acceptors (Lipinski definition) is 2. The highest BCUT2D eigenvalue weighted by molar-refractivity contribution is 5.69. The molecule has 0 saturated carbocycles. The zero-order valence-electron chi connectivity index (χ0n) is 9.06. The molecule has 0 aliphatic heterocycles. The minimum absolute atomic E-state index is 0.383. The molecule has 0 unspecified atom stereocenters. The van der Waals surface area contributed by atoms with Crippen LogP contribution in [-0.2, 0) is 11.3 Å². The van der Waals surface area contributed by atoms with Crippen molar-refractivity contribution < 1.29 is 9.53 Å². The van der Waals surface area contributed by atoms with Crippen molar-refractivity contribution in [3.05, 3.63) is 48.2 Å². The highest BCUT2D eigenvalue weighted by Crippen LogP contribution is 2.10. The number of nitrogens with zero attached hydrogens (tertiary/aromatic N) is 1. The van der Waals surface area contributed by atoms with Gasteiger partial charge in [0.05, 0.1) is 13.7 Å². The van der Waals surface area contributed by atoms with Gasteiger partial charge in [-0.1, -0.05) is 36.9 Å². The minimum Gasteiger partial charge on any atom is -0.452 e.